The van der Waals surface area contributed by atoms with Crippen LogP contribution in [0.3, 0.4) is 0 Å². The van der Waals surface area contributed by atoms with E-state index < -0.39 is 0 Å². The molecule has 0 saturated carbocycles. The summed E-state index contributed by atoms with van der Waals surface area (Å²) >= 11 is 5.99. The number of methoxy groups -OCH3 is 1. The van der Waals surface area contributed by atoms with Gasteiger partial charge in [0.25, 0.3) is 0 Å². The minimum atomic E-state index is -0.133. The fourth-order valence-corrected chi connectivity index (χ4v) is 4.30. The standard InChI is InChI=1S/C26H22ClNO4/c1-16-25-19(14-28(15-31-25)13-17-7-9-20(27)10-8-17)11-21-24(29)23(32-26(16)21)12-18-5-3-4-6-22(18)30-2/h3-12H,13-15H2,1-2H3/b23-12-. The zero-order valence-corrected chi connectivity index (χ0v) is 18.6. The summed E-state index contributed by atoms with van der Waals surface area (Å²) < 4.78 is 17.5. The van der Waals surface area contributed by atoms with E-state index >= 15 is 0 Å². The molecule has 3 aromatic carbocycles. The third-order valence-corrected chi connectivity index (χ3v) is 6.00. The van der Waals surface area contributed by atoms with Gasteiger partial charge in [0, 0.05) is 34.8 Å². The van der Waals surface area contributed by atoms with Crippen LogP contribution in [-0.4, -0.2) is 24.5 Å². The third kappa shape index (κ3) is 3.74. The molecule has 2 aliphatic heterocycles. The monoisotopic (exact) mass is 447 g/mol. The average Bonchev–Trinajstić information content (AvgIpc) is 3.11. The number of carbonyl (C=O) groups is 1. The Hall–Kier alpha value is -3.28. The minimum Gasteiger partial charge on any atom is -0.496 e. The third-order valence-electron chi connectivity index (χ3n) is 5.75. The largest absolute Gasteiger partial charge is 0.496 e. The van der Waals surface area contributed by atoms with E-state index in [4.69, 9.17) is 25.8 Å². The number of rotatable bonds is 4. The van der Waals surface area contributed by atoms with Gasteiger partial charge >= 0.3 is 0 Å². The van der Waals surface area contributed by atoms with E-state index in [0.29, 0.717) is 30.3 Å². The summed E-state index contributed by atoms with van der Waals surface area (Å²) in [6, 6.07) is 17.2. The van der Waals surface area contributed by atoms with Gasteiger partial charge in [-0.2, -0.15) is 0 Å². The minimum absolute atomic E-state index is 0.133. The molecule has 0 saturated heterocycles. The van der Waals surface area contributed by atoms with Crippen molar-refractivity contribution in [3.05, 3.63) is 93.2 Å². The number of halogens is 1. The topological polar surface area (TPSA) is 48.0 Å². The highest BCUT2D eigenvalue weighted by atomic mass is 35.5. The van der Waals surface area contributed by atoms with E-state index in [2.05, 4.69) is 4.90 Å². The SMILES string of the molecule is COc1ccccc1/C=C1\Oc2c(cc3c(c2C)OCN(Cc2ccc(Cl)cc2)C3)C1=O. The van der Waals surface area contributed by atoms with Gasteiger partial charge in [-0.25, -0.2) is 0 Å². The molecule has 162 valence electrons. The molecule has 0 spiro atoms. The van der Waals surface area contributed by atoms with Crippen LogP contribution in [-0.2, 0) is 13.1 Å². The van der Waals surface area contributed by atoms with Crippen molar-refractivity contribution in [1.29, 1.82) is 0 Å². The average molecular weight is 448 g/mol. The number of allylic oxidation sites excluding steroid dienone is 1. The zero-order chi connectivity index (χ0) is 22.2. The molecule has 5 nitrogen and oxygen atoms in total. The summed E-state index contributed by atoms with van der Waals surface area (Å²) in [6.07, 6.45) is 1.73. The van der Waals surface area contributed by atoms with Gasteiger partial charge in [0.1, 0.15) is 24.0 Å². The molecule has 0 amide bonds. The summed E-state index contributed by atoms with van der Waals surface area (Å²) in [7, 11) is 1.61. The highest BCUT2D eigenvalue weighted by Gasteiger charge is 2.33. The molecule has 0 radical (unpaired) electrons. The molecule has 0 bridgehead atoms. The van der Waals surface area contributed by atoms with Crippen LogP contribution >= 0.6 is 11.6 Å². The van der Waals surface area contributed by atoms with E-state index in [1.165, 1.54) is 0 Å². The van der Waals surface area contributed by atoms with Crippen LogP contribution in [0.15, 0.2) is 60.4 Å². The van der Waals surface area contributed by atoms with Gasteiger partial charge < -0.3 is 14.2 Å². The molecular formula is C26H22ClNO4. The van der Waals surface area contributed by atoms with Crippen molar-refractivity contribution in [2.45, 2.75) is 20.0 Å². The molecule has 3 aromatic rings. The van der Waals surface area contributed by atoms with Gasteiger partial charge in [-0.3, -0.25) is 9.69 Å². The second-order valence-corrected chi connectivity index (χ2v) is 8.37. The maximum atomic E-state index is 13.1. The van der Waals surface area contributed by atoms with Crippen molar-refractivity contribution in [3.8, 4) is 17.2 Å². The van der Waals surface area contributed by atoms with Gasteiger partial charge in [-0.1, -0.05) is 41.9 Å². The zero-order valence-electron chi connectivity index (χ0n) is 17.9. The summed E-state index contributed by atoms with van der Waals surface area (Å²) in [5, 5.41) is 0.718. The van der Waals surface area contributed by atoms with Crippen molar-refractivity contribution in [1.82, 2.24) is 4.90 Å². The highest BCUT2D eigenvalue weighted by molar-refractivity contribution is 6.30. The lowest BCUT2D eigenvalue weighted by molar-refractivity contribution is 0.0876. The van der Waals surface area contributed by atoms with Crippen LogP contribution in [0.1, 0.15) is 32.6 Å². The van der Waals surface area contributed by atoms with Crippen molar-refractivity contribution in [2.24, 2.45) is 0 Å². The molecule has 32 heavy (non-hydrogen) atoms. The maximum Gasteiger partial charge on any atom is 0.231 e. The molecule has 0 N–H and O–H groups in total. The molecule has 2 aliphatic rings. The number of ketones is 1. The van der Waals surface area contributed by atoms with Crippen molar-refractivity contribution in [3.63, 3.8) is 0 Å². The number of Topliss-reactive ketones (excluding diaryl/α,β-unsaturated/α-hetero) is 1. The van der Waals surface area contributed by atoms with Gasteiger partial charge in [-0.05, 0) is 42.8 Å². The summed E-state index contributed by atoms with van der Waals surface area (Å²) in [4.78, 5) is 15.3. The molecule has 0 unspecified atom stereocenters. The molecular weight excluding hydrogens is 426 g/mol. The Morgan fingerprint density at radius 3 is 2.69 bits per heavy atom. The normalized spacial score (nSPS) is 16.3. The second kappa shape index (κ2) is 8.34. The first-order valence-corrected chi connectivity index (χ1v) is 10.7. The van der Waals surface area contributed by atoms with E-state index in [0.717, 1.165) is 39.6 Å². The van der Waals surface area contributed by atoms with E-state index in [9.17, 15) is 4.79 Å². The van der Waals surface area contributed by atoms with Crippen LogP contribution in [0.25, 0.3) is 6.08 Å². The lowest BCUT2D eigenvalue weighted by Crippen LogP contribution is -2.32. The summed E-state index contributed by atoms with van der Waals surface area (Å²) in [5.41, 5.74) is 4.34. The van der Waals surface area contributed by atoms with Gasteiger partial charge in [-0.15, -0.1) is 0 Å². The molecule has 5 rings (SSSR count). The molecule has 6 heteroatoms. The van der Waals surface area contributed by atoms with Gasteiger partial charge in [0.15, 0.2) is 5.76 Å². The fourth-order valence-electron chi connectivity index (χ4n) is 4.17. The second-order valence-electron chi connectivity index (χ2n) is 7.94. The van der Waals surface area contributed by atoms with Crippen molar-refractivity contribution in [2.75, 3.05) is 13.8 Å². The number of benzene rings is 3. The predicted octanol–water partition coefficient (Wildman–Crippen LogP) is 5.63. The maximum absolute atomic E-state index is 13.1. The Morgan fingerprint density at radius 1 is 1.12 bits per heavy atom. The van der Waals surface area contributed by atoms with Crippen LogP contribution in [0.5, 0.6) is 17.2 Å². The quantitative estimate of drug-likeness (QED) is 0.485. The number of ether oxygens (including phenoxy) is 3. The van der Waals surface area contributed by atoms with Gasteiger partial charge in [0.2, 0.25) is 5.78 Å². The lowest BCUT2D eigenvalue weighted by Gasteiger charge is -2.30. The summed E-state index contributed by atoms with van der Waals surface area (Å²) in [5.74, 6) is 2.20. The molecule has 2 heterocycles. The first kappa shape index (κ1) is 20.6. The Bertz CT molecular complexity index is 1230. The Kier molecular flexibility index (Phi) is 5.37. The van der Waals surface area contributed by atoms with Gasteiger partial charge in [0.05, 0.1) is 12.7 Å². The fraction of sp³-hybridized carbons (Fsp3) is 0.192. The summed E-state index contributed by atoms with van der Waals surface area (Å²) in [6.45, 7) is 3.82. The molecule has 0 atom stereocenters. The number of hydrogen-bond acceptors (Lipinski definition) is 5. The number of hydrogen-bond donors (Lipinski definition) is 0. The van der Waals surface area contributed by atoms with Crippen LogP contribution in [0.2, 0.25) is 5.02 Å². The number of nitrogens with zero attached hydrogens (tertiary/aromatic N) is 1. The molecule has 0 aromatic heterocycles. The highest BCUT2D eigenvalue weighted by Crippen LogP contribution is 2.43. The van der Waals surface area contributed by atoms with E-state index in [1.807, 2.05) is 61.5 Å². The Labute approximate surface area is 191 Å². The Balaban J connectivity index is 1.42. The number of fused-ring (bicyclic) bond motifs is 2. The van der Waals surface area contributed by atoms with E-state index in [-0.39, 0.29) is 11.5 Å². The number of para-hydroxylation sites is 1. The lowest BCUT2D eigenvalue weighted by atomic mass is 9.99. The van der Waals surface area contributed by atoms with Crippen LogP contribution in [0.4, 0.5) is 0 Å². The first-order chi connectivity index (χ1) is 15.5. The van der Waals surface area contributed by atoms with E-state index in [1.54, 1.807) is 13.2 Å². The van der Waals surface area contributed by atoms with Crippen LogP contribution in [0, 0.1) is 6.92 Å². The Morgan fingerprint density at radius 2 is 1.91 bits per heavy atom. The molecule has 0 fully saturated rings. The van der Waals surface area contributed by atoms with Crippen LogP contribution < -0.4 is 14.2 Å². The smallest absolute Gasteiger partial charge is 0.231 e. The van der Waals surface area contributed by atoms with Crippen molar-refractivity contribution >= 4 is 23.5 Å². The predicted molar refractivity (Wildman–Crippen MR) is 123 cm³/mol. The molecule has 0 aliphatic carbocycles. The van der Waals surface area contributed by atoms with Crippen molar-refractivity contribution < 1.29 is 19.0 Å². The number of carbonyl (C=O) groups excluding carboxylic acids is 1. The first-order valence-electron chi connectivity index (χ1n) is 10.4.